The van der Waals surface area contributed by atoms with Crippen LogP contribution in [-0.4, -0.2) is 26.7 Å². The van der Waals surface area contributed by atoms with Gasteiger partial charge in [-0.2, -0.15) is 0 Å². The Morgan fingerprint density at radius 2 is 1.75 bits per heavy atom. The predicted octanol–water partition coefficient (Wildman–Crippen LogP) is 3.48. The molecule has 0 aliphatic rings. The molecule has 0 atom stereocenters. The van der Waals surface area contributed by atoms with Crippen molar-refractivity contribution in [3.8, 4) is 11.5 Å². The highest BCUT2D eigenvalue weighted by Crippen LogP contribution is 2.29. The van der Waals surface area contributed by atoms with Crippen LogP contribution in [0.2, 0.25) is 5.02 Å². The van der Waals surface area contributed by atoms with Gasteiger partial charge in [0, 0.05) is 36.3 Å². The van der Waals surface area contributed by atoms with Crippen molar-refractivity contribution in [2.24, 2.45) is 0 Å². The van der Waals surface area contributed by atoms with E-state index in [1.165, 1.54) is 0 Å². The average molecular weight is 349 g/mol. The summed E-state index contributed by atoms with van der Waals surface area (Å²) in [6.45, 7) is 1.02. The van der Waals surface area contributed by atoms with E-state index in [2.05, 4.69) is 10.6 Å². The highest BCUT2D eigenvalue weighted by atomic mass is 35.5. The van der Waals surface area contributed by atoms with Gasteiger partial charge in [0.1, 0.15) is 0 Å². The summed E-state index contributed by atoms with van der Waals surface area (Å²) in [7, 11) is 3.18. The third-order valence-corrected chi connectivity index (χ3v) is 3.72. The largest absolute Gasteiger partial charge is 0.493 e. The van der Waals surface area contributed by atoms with Gasteiger partial charge in [0.15, 0.2) is 11.5 Å². The Balaban J connectivity index is 1.75. The van der Waals surface area contributed by atoms with Crippen molar-refractivity contribution < 1.29 is 14.3 Å². The smallest absolute Gasteiger partial charge is 0.222 e. The first-order valence-corrected chi connectivity index (χ1v) is 7.97. The molecule has 6 heteroatoms. The van der Waals surface area contributed by atoms with E-state index in [1.807, 2.05) is 42.5 Å². The Labute approximate surface area is 146 Å². The molecule has 0 unspecified atom stereocenters. The van der Waals surface area contributed by atoms with Crippen LogP contribution < -0.4 is 20.1 Å². The SMILES string of the molecule is COc1ccc(NCCC(=O)NCc2ccc(Cl)cc2)cc1OC. The number of hydrogen-bond acceptors (Lipinski definition) is 4. The fourth-order valence-electron chi connectivity index (χ4n) is 2.16. The summed E-state index contributed by atoms with van der Waals surface area (Å²) in [4.78, 5) is 11.9. The van der Waals surface area contributed by atoms with Crippen molar-refractivity contribution in [1.29, 1.82) is 0 Å². The first kappa shape index (κ1) is 17.9. The van der Waals surface area contributed by atoms with Gasteiger partial charge in [-0.15, -0.1) is 0 Å². The molecule has 0 saturated carbocycles. The second-order valence-corrected chi connectivity index (χ2v) is 5.59. The number of ether oxygens (including phenoxy) is 2. The topological polar surface area (TPSA) is 59.6 Å². The van der Waals surface area contributed by atoms with Crippen LogP contribution in [0.4, 0.5) is 5.69 Å². The van der Waals surface area contributed by atoms with Gasteiger partial charge in [-0.3, -0.25) is 4.79 Å². The third-order valence-electron chi connectivity index (χ3n) is 3.47. The summed E-state index contributed by atoms with van der Waals surface area (Å²) in [5.41, 5.74) is 1.89. The van der Waals surface area contributed by atoms with Gasteiger partial charge in [0.2, 0.25) is 5.91 Å². The molecule has 1 amide bonds. The molecule has 0 aromatic heterocycles. The van der Waals surface area contributed by atoms with E-state index in [1.54, 1.807) is 14.2 Å². The van der Waals surface area contributed by atoms with Crippen LogP contribution in [0, 0.1) is 0 Å². The van der Waals surface area contributed by atoms with Crippen molar-refractivity contribution in [3.05, 3.63) is 53.1 Å². The number of nitrogens with one attached hydrogen (secondary N) is 2. The number of hydrogen-bond donors (Lipinski definition) is 2. The van der Waals surface area contributed by atoms with Crippen LogP contribution in [0.5, 0.6) is 11.5 Å². The highest BCUT2D eigenvalue weighted by Gasteiger charge is 2.05. The Hall–Kier alpha value is -2.40. The van der Waals surface area contributed by atoms with Crippen LogP contribution in [0.1, 0.15) is 12.0 Å². The molecule has 2 aromatic rings. The number of carbonyl (C=O) groups is 1. The van der Waals surface area contributed by atoms with E-state index < -0.39 is 0 Å². The molecule has 0 bridgehead atoms. The van der Waals surface area contributed by atoms with Gasteiger partial charge in [-0.05, 0) is 29.8 Å². The number of rotatable bonds is 8. The molecule has 0 spiro atoms. The first-order valence-electron chi connectivity index (χ1n) is 7.59. The van der Waals surface area contributed by atoms with Crippen molar-refractivity contribution in [3.63, 3.8) is 0 Å². The summed E-state index contributed by atoms with van der Waals surface area (Å²) in [6.07, 6.45) is 0.377. The number of anilines is 1. The second kappa shape index (κ2) is 9.03. The molecule has 0 saturated heterocycles. The summed E-state index contributed by atoms with van der Waals surface area (Å²) >= 11 is 5.83. The summed E-state index contributed by atoms with van der Waals surface area (Å²) in [5, 5.41) is 6.76. The minimum atomic E-state index is -0.0158. The van der Waals surface area contributed by atoms with E-state index in [9.17, 15) is 4.79 Å². The maximum absolute atomic E-state index is 11.9. The second-order valence-electron chi connectivity index (χ2n) is 5.15. The van der Waals surface area contributed by atoms with Crippen LogP contribution in [0.25, 0.3) is 0 Å². The zero-order chi connectivity index (χ0) is 17.4. The third kappa shape index (κ3) is 5.35. The van der Waals surface area contributed by atoms with Gasteiger partial charge in [-0.25, -0.2) is 0 Å². The molecule has 0 fully saturated rings. The number of benzene rings is 2. The average Bonchev–Trinajstić information content (AvgIpc) is 2.61. The minimum absolute atomic E-state index is 0.0158. The lowest BCUT2D eigenvalue weighted by atomic mass is 10.2. The van der Waals surface area contributed by atoms with Crippen LogP contribution in [0.3, 0.4) is 0 Å². The molecule has 128 valence electrons. The highest BCUT2D eigenvalue weighted by molar-refractivity contribution is 6.30. The molecule has 5 nitrogen and oxygen atoms in total. The number of methoxy groups -OCH3 is 2. The first-order chi connectivity index (χ1) is 11.6. The molecular weight excluding hydrogens is 328 g/mol. The minimum Gasteiger partial charge on any atom is -0.493 e. The van der Waals surface area contributed by atoms with Gasteiger partial charge < -0.3 is 20.1 Å². The molecule has 2 rings (SSSR count). The maximum Gasteiger partial charge on any atom is 0.222 e. The Morgan fingerprint density at radius 3 is 2.42 bits per heavy atom. The monoisotopic (exact) mass is 348 g/mol. The van der Waals surface area contributed by atoms with E-state index in [4.69, 9.17) is 21.1 Å². The number of carbonyl (C=O) groups excluding carboxylic acids is 1. The molecule has 0 aliphatic carbocycles. The molecule has 0 aliphatic heterocycles. The van der Waals surface area contributed by atoms with E-state index in [0.717, 1.165) is 11.3 Å². The van der Waals surface area contributed by atoms with Crippen LogP contribution >= 0.6 is 11.6 Å². The Morgan fingerprint density at radius 1 is 1.04 bits per heavy atom. The van der Waals surface area contributed by atoms with E-state index >= 15 is 0 Å². The number of amides is 1. The van der Waals surface area contributed by atoms with Crippen LogP contribution in [-0.2, 0) is 11.3 Å². The molecule has 0 radical (unpaired) electrons. The fraction of sp³-hybridized carbons (Fsp3) is 0.278. The van der Waals surface area contributed by atoms with Gasteiger partial charge in [0.05, 0.1) is 14.2 Å². The van der Waals surface area contributed by atoms with Crippen molar-refractivity contribution in [2.75, 3.05) is 26.1 Å². The quantitative estimate of drug-likeness (QED) is 0.766. The van der Waals surface area contributed by atoms with Gasteiger partial charge in [0.25, 0.3) is 0 Å². The number of halogens is 1. The van der Waals surface area contributed by atoms with Gasteiger partial charge >= 0.3 is 0 Å². The standard InChI is InChI=1S/C18H21ClN2O3/c1-23-16-8-7-15(11-17(16)24-2)20-10-9-18(22)21-12-13-3-5-14(19)6-4-13/h3-8,11,20H,9-10,12H2,1-2H3,(H,21,22). The van der Waals surface area contributed by atoms with Crippen molar-refractivity contribution >= 4 is 23.2 Å². The lowest BCUT2D eigenvalue weighted by Gasteiger charge is -2.11. The normalized spacial score (nSPS) is 10.1. The molecule has 0 heterocycles. The van der Waals surface area contributed by atoms with E-state index in [-0.39, 0.29) is 5.91 Å². The summed E-state index contributed by atoms with van der Waals surface area (Å²) in [5.74, 6) is 1.30. The zero-order valence-electron chi connectivity index (χ0n) is 13.8. The lowest BCUT2D eigenvalue weighted by Crippen LogP contribution is -2.24. The molecule has 2 N–H and O–H groups in total. The van der Waals surface area contributed by atoms with E-state index in [0.29, 0.717) is 36.0 Å². The molecular formula is C18H21ClN2O3. The molecule has 2 aromatic carbocycles. The van der Waals surface area contributed by atoms with Crippen LogP contribution in [0.15, 0.2) is 42.5 Å². The summed E-state index contributed by atoms with van der Waals surface area (Å²) in [6, 6.07) is 12.9. The Bertz CT molecular complexity index is 674. The fourth-order valence-corrected chi connectivity index (χ4v) is 2.28. The molecule has 24 heavy (non-hydrogen) atoms. The van der Waals surface area contributed by atoms with Crippen molar-refractivity contribution in [1.82, 2.24) is 5.32 Å². The maximum atomic E-state index is 11.9. The predicted molar refractivity (Wildman–Crippen MR) is 96.0 cm³/mol. The van der Waals surface area contributed by atoms with Gasteiger partial charge in [-0.1, -0.05) is 23.7 Å². The summed E-state index contributed by atoms with van der Waals surface area (Å²) < 4.78 is 10.4. The van der Waals surface area contributed by atoms with Crippen molar-refractivity contribution in [2.45, 2.75) is 13.0 Å². The Kier molecular flexibility index (Phi) is 6.75. The lowest BCUT2D eigenvalue weighted by molar-refractivity contribution is -0.121. The zero-order valence-corrected chi connectivity index (χ0v) is 14.5.